The first-order chi connectivity index (χ1) is 9.23. The minimum absolute atomic E-state index is 0.166. The summed E-state index contributed by atoms with van der Waals surface area (Å²) in [4.78, 5) is 19.3. The predicted octanol–water partition coefficient (Wildman–Crippen LogP) is 2.35. The van der Waals surface area contributed by atoms with Crippen molar-refractivity contribution in [3.05, 3.63) is 28.6 Å². The molecule has 0 radical (unpaired) electrons. The lowest BCUT2D eigenvalue weighted by atomic mass is 10.0. The molecular weight excluding hydrogens is 252 g/mol. The van der Waals surface area contributed by atoms with Crippen molar-refractivity contribution in [1.82, 2.24) is 9.97 Å². The lowest BCUT2D eigenvalue weighted by Gasteiger charge is -2.08. The van der Waals surface area contributed by atoms with Crippen molar-refractivity contribution in [2.75, 3.05) is 11.1 Å². The number of hydrogen-bond acceptors (Lipinski definition) is 4. The Morgan fingerprint density at radius 2 is 1.90 bits per heavy atom. The zero-order chi connectivity index (χ0) is 14.7. The lowest BCUT2D eigenvalue weighted by Crippen LogP contribution is -2.17. The van der Waals surface area contributed by atoms with Gasteiger partial charge in [-0.25, -0.2) is 4.98 Å². The van der Waals surface area contributed by atoms with Crippen molar-refractivity contribution in [3.8, 4) is 0 Å². The number of hydrogen-bond donors (Lipinski definition) is 3. The van der Waals surface area contributed by atoms with Crippen LogP contribution in [0.25, 0.3) is 10.9 Å². The number of fused-ring (bicyclic) bond motifs is 1. The van der Waals surface area contributed by atoms with Gasteiger partial charge in [-0.3, -0.25) is 9.78 Å². The molecule has 106 valence electrons. The van der Waals surface area contributed by atoms with Crippen LogP contribution in [-0.2, 0) is 0 Å². The van der Waals surface area contributed by atoms with Crippen molar-refractivity contribution in [3.63, 3.8) is 0 Å². The van der Waals surface area contributed by atoms with Gasteiger partial charge in [0.1, 0.15) is 0 Å². The van der Waals surface area contributed by atoms with E-state index in [1.165, 1.54) is 0 Å². The number of benzene rings is 1. The van der Waals surface area contributed by atoms with Gasteiger partial charge in [0, 0.05) is 11.7 Å². The Morgan fingerprint density at radius 3 is 2.50 bits per heavy atom. The second-order valence-electron chi connectivity index (χ2n) is 6.71. The number of nitrogen functional groups attached to an aromatic ring is 1. The number of rotatable bonds is 2. The van der Waals surface area contributed by atoms with Crippen LogP contribution in [0.3, 0.4) is 0 Å². The van der Waals surface area contributed by atoms with Gasteiger partial charge in [0.15, 0.2) is 0 Å². The van der Waals surface area contributed by atoms with Crippen LogP contribution >= 0.6 is 0 Å². The Morgan fingerprint density at radius 1 is 1.25 bits per heavy atom. The molecular formula is C15H20N4O. The van der Waals surface area contributed by atoms with E-state index in [0.29, 0.717) is 28.6 Å². The minimum Gasteiger partial charge on any atom is -0.399 e. The highest BCUT2D eigenvalue weighted by atomic mass is 16.1. The average molecular weight is 272 g/mol. The Balaban J connectivity index is 1.99. The van der Waals surface area contributed by atoms with Gasteiger partial charge in [0.25, 0.3) is 5.56 Å². The zero-order valence-corrected chi connectivity index (χ0v) is 12.2. The lowest BCUT2D eigenvalue weighted by molar-refractivity contribution is 0.457. The second-order valence-corrected chi connectivity index (χ2v) is 6.71. The largest absolute Gasteiger partial charge is 0.399 e. The van der Waals surface area contributed by atoms with Gasteiger partial charge in [-0.2, -0.15) is 0 Å². The molecule has 4 N–H and O–H groups in total. The molecule has 0 spiro atoms. The van der Waals surface area contributed by atoms with Gasteiger partial charge >= 0.3 is 0 Å². The van der Waals surface area contributed by atoms with Crippen LogP contribution in [0.4, 0.5) is 11.6 Å². The molecule has 0 aliphatic heterocycles. The molecule has 1 saturated carbocycles. The van der Waals surface area contributed by atoms with Crippen LogP contribution in [0.15, 0.2) is 23.0 Å². The van der Waals surface area contributed by atoms with Crippen LogP contribution in [-0.4, -0.2) is 16.0 Å². The molecule has 1 aliphatic carbocycles. The van der Waals surface area contributed by atoms with Crippen molar-refractivity contribution < 1.29 is 0 Å². The fourth-order valence-corrected chi connectivity index (χ4v) is 2.92. The highest BCUT2D eigenvalue weighted by molar-refractivity contribution is 5.81. The molecule has 1 aliphatic rings. The minimum atomic E-state index is -0.166. The molecule has 1 aromatic heterocycles. The van der Waals surface area contributed by atoms with Gasteiger partial charge in [-0.1, -0.05) is 27.7 Å². The number of anilines is 2. The predicted molar refractivity (Wildman–Crippen MR) is 81.7 cm³/mol. The molecule has 0 unspecified atom stereocenters. The van der Waals surface area contributed by atoms with Crippen molar-refractivity contribution >= 4 is 22.5 Å². The van der Waals surface area contributed by atoms with Gasteiger partial charge in [-0.15, -0.1) is 0 Å². The molecule has 0 amide bonds. The van der Waals surface area contributed by atoms with Crippen LogP contribution in [0.1, 0.15) is 27.7 Å². The summed E-state index contributed by atoms with van der Waals surface area (Å²) in [5, 5.41) is 3.86. The number of nitrogens with one attached hydrogen (secondary N) is 2. The normalized spacial score (nSPS) is 20.0. The number of aromatic nitrogens is 2. The first-order valence-corrected chi connectivity index (χ1v) is 6.79. The maximum Gasteiger partial charge on any atom is 0.260 e. The van der Waals surface area contributed by atoms with E-state index in [4.69, 9.17) is 5.73 Å². The maximum absolute atomic E-state index is 12.1. The Kier molecular flexibility index (Phi) is 2.43. The SMILES string of the molecule is CC1(C)C(Nc2nc3ccc(N)cc3c(=O)[nH]2)C1(C)C. The monoisotopic (exact) mass is 272 g/mol. The maximum atomic E-state index is 12.1. The summed E-state index contributed by atoms with van der Waals surface area (Å²) in [5.41, 5.74) is 7.11. The van der Waals surface area contributed by atoms with Crippen LogP contribution in [0.5, 0.6) is 0 Å². The molecule has 0 atom stereocenters. The molecule has 1 fully saturated rings. The third-order valence-electron chi connectivity index (χ3n) is 5.03. The quantitative estimate of drug-likeness (QED) is 0.733. The van der Waals surface area contributed by atoms with E-state index in [1.54, 1.807) is 18.2 Å². The van der Waals surface area contributed by atoms with Crippen molar-refractivity contribution in [2.24, 2.45) is 10.8 Å². The Hall–Kier alpha value is -2.04. The number of nitrogens with two attached hydrogens (primary N) is 1. The molecule has 0 bridgehead atoms. The Labute approximate surface area is 117 Å². The van der Waals surface area contributed by atoms with E-state index in [1.807, 2.05) is 0 Å². The van der Waals surface area contributed by atoms with Crippen molar-refractivity contribution in [2.45, 2.75) is 33.7 Å². The number of nitrogens with zero attached hydrogens (tertiary/aromatic N) is 1. The first kappa shape index (κ1) is 13.0. The summed E-state index contributed by atoms with van der Waals surface area (Å²) in [6, 6.07) is 5.47. The molecule has 3 rings (SSSR count). The number of aromatic amines is 1. The van der Waals surface area contributed by atoms with Crippen LogP contribution in [0.2, 0.25) is 0 Å². The fraction of sp³-hybridized carbons (Fsp3) is 0.467. The summed E-state index contributed by atoms with van der Waals surface area (Å²) in [6.45, 7) is 8.85. The molecule has 20 heavy (non-hydrogen) atoms. The molecule has 0 saturated heterocycles. The third-order valence-corrected chi connectivity index (χ3v) is 5.03. The summed E-state index contributed by atoms with van der Waals surface area (Å²) < 4.78 is 0. The first-order valence-electron chi connectivity index (χ1n) is 6.79. The van der Waals surface area contributed by atoms with Gasteiger partial charge in [-0.05, 0) is 29.0 Å². The van der Waals surface area contributed by atoms with E-state index in [-0.39, 0.29) is 16.4 Å². The van der Waals surface area contributed by atoms with Gasteiger partial charge in [0.2, 0.25) is 5.95 Å². The van der Waals surface area contributed by atoms with E-state index >= 15 is 0 Å². The van der Waals surface area contributed by atoms with Gasteiger partial charge < -0.3 is 11.1 Å². The summed E-state index contributed by atoms with van der Waals surface area (Å²) in [6.07, 6.45) is 0. The average Bonchev–Trinajstić information content (AvgIpc) is 2.73. The third kappa shape index (κ3) is 1.69. The van der Waals surface area contributed by atoms with Crippen LogP contribution < -0.4 is 16.6 Å². The highest BCUT2D eigenvalue weighted by Crippen LogP contribution is 2.63. The molecule has 5 nitrogen and oxygen atoms in total. The summed E-state index contributed by atoms with van der Waals surface area (Å²) >= 11 is 0. The summed E-state index contributed by atoms with van der Waals surface area (Å²) in [7, 11) is 0. The topological polar surface area (TPSA) is 83.8 Å². The number of H-pyrrole nitrogens is 1. The molecule has 2 aromatic rings. The second kappa shape index (κ2) is 3.75. The van der Waals surface area contributed by atoms with E-state index in [9.17, 15) is 4.79 Å². The standard InChI is InChI=1S/C15H20N4O/c1-14(2)12(15(14,3)4)19-13-17-10-6-5-8(16)7-9(10)11(20)18-13/h5-7,12H,16H2,1-4H3,(H2,17,18,19,20). The smallest absolute Gasteiger partial charge is 0.260 e. The van der Waals surface area contributed by atoms with Crippen molar-refractivity contribution in [1.29, 1.82) is 0 Å². The molecule has 5 heteroatoms. The van der Waals surface area contributed by atoms with Gasteiger partial charge in [0.05, 0.1) is 10.9 Å². The Bertz CT molecular complexity index is 731. The fourth-order valence-electron chi connectivity index (χ4n) is 2.92. The highest BCUT2D eigenvalue weighted by Gasteiger charge is 2.65. The summed E-state index contributed by atoms with van der Waals surface area (Å²) in [5.74, 6) is 0.524. The van der Waals surface area contributed by atoms with E-state index in [0.717, 1.165) is 0 Å². The van der Waals surface area contributed by atoms with E-state index in [2.05, 4.69) is 43.0 Å². The zero-order valence-electron chi connectivity index (χ0n) is 12.2. The van der Waals surface area contributed by atoms with E-state index < -0.39 is 0 Å². The van der Waals surface area contributed by atoms with Crippen LogP contribution in [0, 0.1) is 10.8 Å². The molecule has 1 aromatic carbocycles. The molecule has 1 heterocycles.